The summed E-state index contributed by atoms with van der Waals surface area (Å²) in [7, 11) is 3.51. The molecule has 1 atom stereocenters. The number of carbonyl (C=O) groups excluding carboxylic acids is 1. The van der Waals surface area contributed by atoms with Crippen LogP contribution in [0.3, 0.4) is 0 Å². The number of nitrogens with one attached hydrogen (secondary N) is 1. The van der Waals surface area contributed by atoms with Crippen LogP contribution in [0, 0.1) is 0 Å². The summed E-state index contributed by atoms with van der Waals surface area (Å²) < 4.78 is 0. The zero-order valence-electron chi connectivity index (χ0n) is 11.3. The van der Waals surface area contributed by atoms with Crippen molar-refractivity contribution in [2.45, 2.75) is 25.8 Å². The molecule has 0 radical (unpaired) electrons. The Hall–Kier alpha value is -1.55. The number of hydrogen-bond acceptors (Lipinski definition) is 3. The molecular formula is C14H22N2O2. The average Bonchev–Trinajstić information content (AvgIpc) is 2.35. The molecule has 0 aromatic heterocycles. The standard InChI is InChI=1S/C14H22N2O2/c1-4-12(11-7-5-6-8-13(11)17)15-10-9-14(18)16(2)3/h5-8,12,15,17H,4,9-10H2,1-3H3. The molecule has 0 spiro atoms. The Bertz CT molecular complexity index is 391. The van der Waals surface area contributed by atoms with E-state index in [1.165, 1.54) is 0 Å². The summed E-state index contributed by atoms with van der Waals surface area (Å²) in [6, 6.07) is 7.39. The lowest BCUT2D eigenvalue weighted by Crippen LogP contribution is -2.28. The number of phenols is 1. The summed E-state index contributed by atoms with van der Waals surface area (Å²) in [6.45, 7) is 2.67. The van der Waals surface area contributed by atoms with E-state index in [2.05, 4.69) is 12.2 Å². The normalized spacial score (nSPS) is 12.2. The minimum absolute atomic E-state index is 0.0844. The third-order valence-electron chi connectivity index (χ3n) is 2.95. The Morgan fingerprint density at radius 3 is 2.61 bits per heavy atom. The smallest absolute Gasteiger partial charge is 0.223 e. The second-order valence-corrected chi connectivity index (χ2v) is 4.51. The number of rotatable bonds is 6. The largest absolute Gasteiger partial charge is 0.508 e. The average molecular weight is 250 g/mol. The summed E-state index contributed by atoms with van der Waals surface area (Å²) in [5, 5.41) is 13.1. The van der Waals surface area contributed by atoms with Crippen LogP contribution in [0.1, 0.15) is 31.4 Å². The van der Waals surface area contributed by atoms with Crippen LogP contribution < -0.4 is 5.32 Å². The Balaban J connectivity index is 2.53. The van der Waals surface area contributed by atoms with Crippen molar-refractivity contribution in [3.05, 3.63) is 29.8 Å². The second kappa shape index (κ2) is 7.01. The van der Waals surface area contributed by atoms with Crippen molar-refractivity contribution < 1.29 is 9.90 Å². The minimum atomic E-state index is 0.0844. The highest BCUT2D eigenvalue weighted by atomic mass is 16.3. The van der Waals surface area contributed by atoms with Crippen molar-refractivity contribution in [3.8, 4) is 5.75 Å². The van der Waals surface area contributed by atoms with E-state index in [-0.39, 0.29) is 11.9 Å². The molecular weight excluding hydrogens is 228 g/mol. The van der Waals surface area contributed by atoms with Gasteiger partial charge in [-0.25, -0.2) is 0 Å². The predicted molar refractivity (Wildman–Crippen MR) is 72.5 cm³/mol. The minimum Gasteiger partial charge on any atom is -0.508 e. The second-order valence-electron chi connectivity index (χ2n) is 4.51. The molecule has 0 aliphatic carbocycles. The fraction of sp³-hybridized carbons (Fsp3) is 0.500. The van der Waals surface area contributed by atoms with Crippen molar-refractivity contribution >= 4 is 5.91 Å². The molecule has 2 N–H and O–H groups in total. The quantitative estimate of drug-likeness (QED) is 0.811. The first-order valence-corrected chi connectivity index (χ1v) is 6.27. The maximum Gasteiger partial charge on any atom is 0.223 e. The van der Waals surface area contributed by atoms with Gasteiger partial charge in [-0.3, -0.25) is 4.79 Å². The van der Waals surface area contributed by atoms with Crippen LogP contribution in [0.2, 0.25) is 0 Å². The molecule has 0 saturated heterocycles. The molecule has 4 nitrogen and oxygen atoms in total. The molecule has 4 heteroatoms. The lowest BCUT2D eigenvalue weighted by atomic mass is 10.0. The summed E-state index contributed by atoms with van der Waals surface area (Å²) >= 11 is 0. The summed E-state index contributed by atoms with van der Waals surface area (Å²) in [5.74, 6) is 0.408. The first-order chi connectivity index (χ1) is 8.56. The van der Waals surface area contributed by atoms with E-state index in [0.29, 0.717) is 18.7 Å². The number of para-hydroxylation sites is 1. The van der Waals surface area contributed by atoms with Crippen molar-refractivity contribution in [1.82, 2.24) is 10.2 Å². The molecule has 0 saturated carbocycles. The molecule has 1 amide bonds. The maximum atomic E-state index is 11.5. The van der Waals surface area contributed by atoms with Crippen molar-refractivity contribution in [2.75, 3.05) is 20.6 Å². The number of aromatic hydroxyl groups is 1. The van der Waals surface area contributed by atoms with Gasteiger partial charge >= 0.3 is 0 Å². The van der Waals surface area contributed by atoms with Gasteiger partial charge in [0.2, 0.25) is 5.91 Å². The first-order valence-electron chi connectivity index (χ1n) is 6.27. The van der Waals surface area contributed by atoms with Gasteiger partial charge in [-0.05, 0) is 12.5 Å². The lowest BCUT2D eigenvalue weighted by Gasteiger charge is -2.19. The molecule has 0 aliphatic rings. The lowest BCUT2D eigenvalue weighted by molar-refractivity contribution is -0.128. The van der Waals surface area contributed by atoms with Crippen molar-refractivity contribution in [1.29, 1.82) is 0 Å². The molecule has 0 bridgehead atoms. The molecule has 1 aromatic rings. The Morgan fingerprint density at radius 2 is 2.06 bits per heavy atom. The number of amides is 1. The highest BCUT2D eigenvalue weighted by molar-refractivity contribution is 5.75. The summed E-state index contributed by atoms with van der Waals surface area (Å²) in [6.07, 6.45) is 1.34. The molecule has 1 rings (SSSR count). The molecule has 1 unspecified atom stereocenters. The third-order valence-corrected chi connectivity index (χ3v) is 2.95. The van der Waals surface area contributed by atoms with E-state index in [1.807, 2.05) is 12.1 Å². The number of hydrogen-bond donors (Lipinski definition) is 2. The molecule has 0 fully saturated rings. The van der Waals surface area contributed by atoms with Crippen LogP contribution in [0.4, 0.5) is 0 Å². The summed E-state index contributed by atoms with van der Waals surface area (Å²) in [4.78, 5) is 13.0. The third kappa shape index (κ3) is 4.04. The van der Waals surface area contributed by atoms with Crippen molar-refractivity contribution in [3.63, 3.8) is 0 Å². The van der Waals surface area contributed by atoms with Gasteiger partial charge in [0.15, 0.2) is 0 Å². The Kier molecular flexibility index (Phi) is 5.65. The monoisotopic (exact) mass is 250 g/mol. The van der Waals surface area contributed by atoms with E-state index in [4.69, 9.17) is 0 Å². The highest BCUT2D eigenvalue weighted by Gasteiger charge is 2.13. The number of nitrogens with zero attached hydrogens (tertiary/aromatic N) is 1. The van der Waals surface area contributed by atoms with Gasteiger partial charge in [-0.15, -0.1) is 0 Å². The van der Waals surface area contributed by atoms with E-state index >= 15 is 0 Å². The van der Waals surface area contributed by atoms with Gasteiger partial charge in [0.1, 0.15) is 5.75 Å². The number of carbonyl (C=O) groups is 1. The van der Waals surface area contributed by atoms with Gasteiger partial charge in [-0.2, -0.15) is 0 Å². The van der Waals surface area contributed by atoms with Gasteiger partial charge in [0, 0.05) is 38.7 Å². The number of phenolic OH excluding ortho intramolecular Hbond substituents is 1. The molecule has 0 aliphatic heterocycles. The summed E-state index contributed by atoms with van der Waals surface area (Å²) in [5.41, 5.74) is 0.886. The molecule has 18 heavy (non-hydrogen) atoms. The zero-order valence-corrected chi connectivity index (χ0v) is 11.3. The molecule has 100 valence electrons. The van der Waals surface area contributed by atoms with E-state index in [9.17, 15) is 9.90 Å². The van der Waals surface area contributed by atoms with Crippen LogP contribution in [-0.2, 0) is 4.79 Å². The zero-order chi connectivity index (χ0) is 13.5. The van der Waals surface area contributed by atoms with E-state index in [1.54, 1.807) is 31.1 Å². The Morgan fingerprint density at radius 1 is 1.39 bits per heavy atom. The Labute approximate surface area is 109 Å². The van der Waals surface area contributed by atoms with Crippen molar-refractivity contribution in [2.24, 2.45) is 0 Å². The van der Waals surface area contributed by atoms with Crippen LogP contribution in [0.5, 0.6) is 5.75 Å². The molecule has 0 heterocycles. The number of benzene rings is 1. The maximum absolute atomic E-state index is 11.5. The van der Waals surface area contributed by atoms with E-state index < -0.39 is 0 Å². The van der Waals surface area contributed by atoms with Gasteiger partial charge in [-0.1, -0.05) is 25.1 Å². The molecule has 1 aromatic carbocycles. The predicted octanol–water partition coefficient (Wildman–Crippen LogP) is 1.91. The fourth-order valence-corrected chi connectivity index (χ4v) is 1.83. The van der Waals surface area contributed by atoms with Gasteiger partial charge < -0.3 is 15.3 Å². The highest BCUT2D eigenvalue weighted by Crippen LogP contribution is 2.25. The van der Waals surface area contributed by atoms with Gasteiger partial charge in [0.25, 0.3) is 0 Å². The fourth-order valence-electron chi connectivity index (χ4n) is 1.83. The van der Waals surface area contributed by atoms with Gasteiger partial charge in [0.05, 0.1) is 0 Å². The van der Waals surface area contributed by atoms with E-state index in [0.717, 1.165) is 12.0 Å². The topological polar surface area (TPSA) is 52.6 Å². The van der Waals surface area contributed by atoms with Crippen LogP contribution >= 0.6 is 0 Å². The first kappa shape index (κ1) is 14.5. The SMILES string of the molecule is CCC(NCCC(=O)N(C)C)c1ccccc1O. The van der Waals surface area contributed by atoms with Crippen LogP contribution in [0.25, 0.3) is 0 Å². The van der Waals surface area contributed by atoms with Crippen LogP contribution in [-0.4, -0.2) is 36.6 Å². The van der Waals surface area contributed by atoms with Crippen LogP contribution in [0.15, 0.2) is 24.3 Å².